The molecule has 2 aromatic carbocycles. The number of anilines is 1. The molecule has 0 spiro atoms. The van der Waals surface area contributed by atoms with E-state index < -0.39 is 17.5 Å². The lowest BCUT2D eigenvalue weighted by atomic mass is 9.89. The van der Waals surface area contributed by atoms with Crippen LogP contribution in [0.5, 0.6) is 11.6 Å². The van der Waals surface area contributed by atoms with Gasteiger partial charge < -0.3 is 25.5 Å². The van der Waals surface area contributed by atoms with E-state index in [1.165, 1.54) is 10.8 Å². The number of rotatable bonds is 5. The van der Waals surface area contributed by atoms with E-state index in [-0.39, 0.29) is 12.4 Å². The Labute approximate surface area is 188 Å². The molecular weight excluding hydrogens is 424 g/mol. The molecule has 10 nitrogen and oxygen atoms in total. The number of fused-ring (bicyclic) bond motifs is 1. The molecule has 10 heteroatoms. The van der Waals surface area contributed by atoms with Crippen molar-refractivity contribution in [1.29, 1.82) is 0 Å². The van der Waals surface area contributed by atoms with E-state index in [1.54, 1.807) is 55.9 Å². The second kappa shape index (κ2) is 7.52. The number of aromatic hydroxyl groups is 1. The van der Waals surface area contributed by atoms with Crippen LogP contribution in [0.25, 0.3) is 22.0 Å². The number of nitrogens with two attached hydrogens (primary N) is 1. The number of carbonyl (C=O) groups is 2. The van der Waals surface area contributed by atoms with Crippen LogP contribution in [0.4, 0.5) is 10.6 Å². The summed E-state index contributed by atoms with van der Waals surface area (Å²) in [6.45, 7) is -0.0194. The lowest BCUT2D eigenvalue weighted by Crippen LogP contribution is -2.47. The molecule has 1 atom stereocenters. The third-order valence-corrected chi connectivity index (χ3v) is 5.76. The zero-order valence-corrected chi connectivity index (χ0v) is 17.6. The van der Waals surface area contributed by atoms with E-state index in [2.05, 4.69) is 20.6 Å². The number of carbonyl (C=O) groups excluding carboxylic acids is 2. The zero-order chi connectivity index (χ0) is 23.2. The number of methoxy groups -OCH3 is 1. The maximum absolute atomic E-state index is 13.0. The molecule has 166 valence electrons. The molecule has 1 aliphatic rings. The molecule has 0 unspecified atom stereocenters. The van der Waals surface area contributed by atoms with Crippen molar-refractivity contribution in [3.05, 3.63) is 66.6 Å². The fourth-order valence-corrected chi connectivity index (χ4v) is 4.04. The highest BCUT2D eigenvalue weighted by Crippen LogP contribution is 2.35. The molecule has 0 radical (unpaired) electrons. The minimum atomic E-state index is -1.42. The molecule has 2 aromatic heterocycles. The van der Waals surface area contributed by atoms with Crippen LogP contribution < -0.4 is 21.1 Å². The van der Waals surface area contributed by atoms with E-state index in [0.717, 1.165) is 10.9 Å². The smallest absolute Gasteiger partial charge is 0.322 e. The number of nitrogen functional groups attached to an aromatic ring is 1. The zero-order valence-electron chi connectivity index (χ0n) is 17.6. The molecule has 0 aliphatic carbocycles. The third-order valence-electron chi connectivity index (χ3n) is 5.76. The van der Waals surface area contributed by atoms with Gasteiger partial charge in [-0.1, -0.05) is 24.3 Å². The third kappa shape index (κ3) is 3.37. The van der Waals surface area contributed by atoms with Gasteiger partial charge in [0.15, 0.2) is 11.4 Å². The van der Waals surface area contributed by atoms with Crippen molar-refractivity contribution in [3.8, 4) is 22.9 Å². The number of ether oxygens (including phenoxy) is 1. The number of nitrogens with one attached hydrogen (secondary N) is 2. The van der Waals surface area contributed by atoms with E-state index in [9.17, 15) is 14.7 Å². The van der Waals surface area contributed by atoms with Crippen LogP contribution >= 0.6 is 0 Å². The van der Waals surface area contributed by atoms with E-state index in [0.29, 0.717) is 28.2 Å². The highest BCUT2D eigenvalue weighted by Gasteiger charge is 2.48. The molecule has 1 aliphatic heterocycles. The van der Waals surface area contributed by atoms with Gasteiger partial charge >= 0.3 is 6.03 Å². The van der Waals surface area contributed by atoms with Crippen molar-refractivity contribution in [2.75, 3.05) is 12.8 Å². The number of nitrogens with zero attached hydrogens (tertiary/aromatic N) is 3. The minimum absolute atomic E-state index is 0.0194. The van der Waals surface area contributed by atoms with E-state index >= 15 is 0 Å². The summed E-state index contributed by atoms with van der Waals surface area (Å²) in [6, 6.07) is 11.7. The number of amides is 3. The standard InChI is InChI=1S/C23H20N6O4/c1-33-16-7-4-14-11-29(20(30)17(14)8-16)12-23(21(31)27-22(32)28-23)15-5-2-13(3-6-15)18-9-26-19(24)10-25-18/h2-11,30H,12H2,1H3,(H2,24,26)(H2,27,28,31,32)/t23-/m0/s1. The molecule has 1 fully saturated rings. The Hall–Kier alpha value is -4.60. The van der Waals surface area contributed by atoms with Gasteiger partial charge in [0, 0.05) is 22.5 Å². The first-order valence-corrected chi connectivity index (χ1v) is 10.1. The van der Waals surface area contributed by atoms with Crippen LogP contribution in [0, 0.1) is 0 Å². The number of urea groups is 1. The molecule has 4 aromatic rings. The Kier molecular flexibility index (Phi) is 4.63. The van der Waals surface area contributed by atoms with Crippen LogP contribution in [0.2, 0.25) is 0 Å². The molecule has 1 saturated heterocycles. The maximum Gasteiger partial charge on any atom is 0.322 e. The first kappa shape index (κ1) is 20.3. The average Bonchev–Trinajstić information content (AvgIpc) is 3.29. The molecule has 0 saturated carbocycles. The van der Waals surface area contributed by atoms with Crippen molar-refractivity contribution >= 4 is 28.5 Å². The Balaban J connectivity index is 1.55. The predicted octanol–water partition coefficient (Wildman–Crippen LogP) is 2.13. The van der Waals surface area contributed by atoms with Crippen LogP contribution in [-0.4, -0.2) is 38.7 Å². The van der Waals surface area contributed by atoms with Gasteiger partial charge in [-0.05, 0) is 23.8 Å². The first-order valence-electron chi connectivity index (χ1n) is 10.1. The quantitative estimate of drug-likeness (QED) is 0.345. The Bertz CT molecular complexity index is 1380. The SMILES string of the molecule is COc1ccc2cn(C[C@@]3(c4ccc(-c5cnc(N)cn5)cc4)NC(=O)NC3=O)c(O)c2c1. The van der Waals surface area contributed by atoms with Crippen LogP contribution in [0.15, 0.2) is 61.1 Å². The lowest BCUT2D eigenvalue weighted by Gasteiger charge is -2.27. The lowest BCUT2D eigenvalue weighted by molar-refractivity contribution is -0.124. The topological polar surface area (TPSA) is 144 Å². The molecule has 3 amide bonds. The fraction of sp³-hybridized carbons (Fsp3) is 0.130. The van der Waals surface area contributed by atoms with Crippen LogP contribution in [-0.2, 0) is 16.9 Å². The van der Waals surface area contributed by atoms with Gasteiger partial charge in [-0.25, -0.2) is 9.78 Å². The number of aromatic nitrogens is 3. The second-order valence-corrected chi connectivity index (χ2v) is 7.75. The largest absolute Gasteiger partial charge is 0.497 e. The van der Waals surface area contributed by atoms with Crippen LogP contribution in [0.1, 0.15) is 5.56 Å². The normalized spacial score (nSPS) is 17.7. The summed E-state index contributed by atoms with van der Waals surface area (Å²) < 4.78 is 6.77. The Morgan fingerprint density at radius 3 is 2.55 bits per heavy atom. The second-order valence-electron chi connectivity index (χ2n) is 7.75. The van der Waals surface area contributed by atoms with E-state index in [4.69, 9.17) is 10.5 Å². The highest BCUT2D eigenvalue weighted by atomic mass is 16.5. The Morgan fingerprint density at radius 2 is 1.91 bits per heavy atom. The monoisotopic (exact) mass is 444 g/mol. The van der Waals surface area contributed by atoms with Gasteiger partial charge in [-0.15, -0.1) is 0 Å². The average molecular weight is 444 g/mol. The van der Waals surface area contributed by atoms with Gasteiger partial charge in [0.05, 0.1) is 31.7 Å². The summed E-state index contributed by atoms with van der Waals surface area (Å²) in [6.07, 6.45) is 4.74. The van der Waals surface area contributed by atoms with Crippen LogP contribution in [0.3, 0.4) is 0 Å². The van der Waals surface area contributed by atoms with Gasteiger partial charge in [0.2, 0.25) is 0 Å². The molecular formula is C23H20N6O4. The summed E-state index contributed by atoms with van der Waals surface area (Å²) in [5.74, 6) is 0.364. The van der Waals surface area contributed by atoms with E-state index in [1.807, 2.05) is 6.07 Å². The number of hydrogen-bond donors (Lipinski definition) is 4. The number of imide groups is 1. The predicted molar refractivity (Wildman–Crippen MR) is 120 cm³/mol. The number of benzene rings is 2. The van der Waals surface area contributed by atoms with Crippen molar-refractivity contribution < 1.29 is 19.4 Å². The minimum Gasteiger partial charge on any atom is -0.497 e. The van der Waals surface area contributed by atoms with Crippen molar-refractivity contribution in [2.45, 2.75) is 12.1 Å². The molecule has 33 heavy (non-hydrogen) atoms. The Morgan fingerprint density at radius 1 is 1.12 bits per heavy atom. The van der Waals surface area contributed by atoms with Crippen molar-refractivity contribution in [2.24, 2.45) is 0 Å². The molecule has 0 bridgehead atoms. The van der Waals surface area contributed by atoms with Gasteiger partial charge in [-0.3, -0.25) is 15.1 Å². The van der Waals surface area contributed by atoms with Crippen molar-refractivity contribution in [3.63, 3.8) is 0 Å². The van der Waals surface area contributed by atoms with Crippen molar-refractivity contribution in [1.82, 2.24) is 25.2 Å². The molecule has 5 rings (SSSR count). The van der Waals surface area contributed by atoms with Gasteiger partial charge in [0.25, 0.3) is 5.91 Å². The number of hydrogen-bond acceptors (Lipinski definition) is 7. The molecule has 3 heterocycles. The van der Waals surface area contributed by atoms with Gasteiger partial charge in [0.1, 0.15) is 11.6 Å². The summed E-state index contributed by atoms with van der Waals surface area (Å²) in [4.78, 5) is 33.4. The summed E-state index contributed by atoms with van der Waals surface area (Å²) >= 11 is 0. The highest BCUT2D eigenvalue weighted by molar-refractivity contribution is 6.07. The van der Waals surface area contributed by atoms with Gasteiger partial charge in [-0.2, -0.15) is 0 Å². The molecule has 5 N–H and O–H groups in total. The summed E-state index contributed by atoms with van der Waals surface area (Å²) in [7, 11) is 1.54. The maximum atomic E-state index is 13.0. The summed E-state index contributed by atoms with van der Waals surface area (Å²) in [5.41, 5.74) is 6.12. The fourth-order valence-electron chi connectivity index (χ4n) is 4.04. The summed E-state index contributed by atoms with van der Waals surface area (Å²) in [5, 5.41) is 17.2. The first-order chi connectivity index (χ1) is 15.9.